The first kappa shape index (κ1) is 35.8. The number of pyridine rings is 1. The number of carboxylic acids is 1. The van der Waals surface area contributed by atoms with E-state index in [0.29, 0.717) is 29.9 Å². The number of carboxylic acid groups (broad SMARTS) is 1. The molecule has 6 rings (SSSR count). The molecule has 1 unspecified atom stereocenters. The predicted molar refractivity (Wildman–Crippen MR) is 197 cm³/mol. The van der Waals surface area contributed by atoms with Crippen LogP contribution in [0, 0.1) is 28.6 Å². The van der Waals surface area contributed by atoms with Crippen LogP contribution in [0.5, 0.6) is 0 Å². The van der Waals surface area contributed by atoms with Crippen LogP contribution < -0.4 is 0 Å². The van der Waals surface area contributed by atoms with Gasteiger partial charge in [0, 0.05) is 42.8 Å². The third-order valence-corrected chi connectivity index (χ3v) is 14.8. The van der Waals surface area contributed by atoms with Gasteiger partial charge in [0.2, 0.25) is 5.91 Å². The van der Waals surface area contributed by atoms with Gasteiger partial charge < -0.3 is 14.7 Å². The number of rotatable bonds is 13. The molecular weight excluding hydrogens is 653 g/mol. The third-order valence-electron chi connectivity index (χ3n) is 11.9. The topological polar surface area (TPSA) is 96.8 Å². The summed E-state index contributed by atoms with van der Waals surface area (Å²) in [6.45, 7) is 6.96. The minimum atomic E-state index is -1.02. The Hall–Kier alpha value is -3.04. The number of carbonyl (C=O) groups excluding carboxylic acids is 2. The molecule has 1 N–H and O–H groups in total. The number of nitrogens with zero attached hydrogens (tertiary/aromatic N) is 2. The average Bonchev–Trinajstić information content (AvgIpc) is 3.44. The fourth-order valence-electron chi connectivity index (χ4n) is 9.42. The van der Waals surface area contributed by atoms with Gasteiger partial charge in [-0.25, -0.2) is 0 Å². The van der Waals surface area contributed by atoms with Crippen LogP contribution in [0.2, 0.25) is 0 Å². The molecule has 7 atom stereocenters. The van der Waals surface area contributed by atoms with Gasteiger partial charge in [-0.3, -0.25) is 19.4 Å². The second-order valence-corrected chi connectivity index (χ2v) is 17.9. The van der Waals surface area contributed by atoms with E-state index >= 15 is 0 Å². The van der Waals surface area contributed by atoms with Gasteiger partial charge in [0.05, 0.1) is 6.42 Å². The summed E-state index contributed by atoms with van der Waals surface area (Å²) in [6.07, 6.45) is 17.0. The number of amides is 1. The first-order chi connectivity index (χ1) is 23.6. The van der Waals surface area contributed by atoms with E-state index in [1.165, 1.54) is 34.5 Å². The molecule has 2 fully saturated rings. The predicted octanol–water partition coefficient (Wildman–Crippen LogP) is 8.61. The van der Waals surface area contributed by atoms with Crippen molar-refractivity contribution in [3.8, 4) is 0 Å². The molecule has 0 saturated heterocycles. The first-order valence-corrected chi connectivity index (χ1v) is 20.3. The summed E-state index contributed by atoms with van der Waals surface area (Å²) in [5.74, 6) is 1.22. The quantitative estimate of drug-likeness (QED) is 0.0960. The summed E-state index contributed by atoms with van der Waals surface area (Å²) >= 11 is 0. The van der Waals surface area contributed by atoms with Gasteiger partial charge in [-0.05, 0) is 89.9 Å². The lowest BCUT2D eigenvalue weighted by molar-refractivity contribution is -0.151. The maximum atomic E-state index is 13.0. The van der Waals surface area contributed by atoms with Crippen LogP contribution in [0.3, 0.4) is 0 Å². The van der Waals surface area contributed by atoms with Crippen LogP contribution in [-0.2, 0) is 25.7 Å². The first-order valence-electron chi connectivity index (χ1n) is 17.9. The van der Waals surface area contributed by atoms with Crippen molar-refractivity contribution in [3.05, 3.63) is 83.7 Å². The molecule has 262 valence electrons. The molecule has 2 aromatic rings. The van der Waals surface area contributed by atoms with E-state index in [0.717, 1.165) is 37.7 Å². The fourth-order valence-corrected chi connectivity index (χ4v) is 11.6. The number of hydrogen-bond acceptors (Lipinski definition) is 7. The lowest BCUT2D eigenvalue weighted by Crippen LogP contribution is -2.50. The number of allylic oxidation sites excluding steroid dienone is 3. The Labute approximate surface area is 299 Å². The van der Waals surface area contributed by atoms with Crippen molar-refractivity contribution in [1.29, 1.82) is 0 Å². The van der Waals surface area contributed by atoms with Gasteiger partial charge in [0.25, 0.3) is 0 Å². The van der Waals surface area contributed by atoms with Gasteiger partial charge in [-0.1, -0.05) is 96.5 Å². The van der Waals surface area contributed by atoms with Crippen LogP contribution in [0.4, 0.5) is 0 Å². The highest BCUT2D eigenvalue weighted by molar-refractivity contribution is 8.76. The highest BCUT2D eigenvalue weighted by Crippen LogP contribution is 2.66. The van der Waals surface area contributed by atoms with Crippen molar-refractivity contribution >= 4 is 45.0 Å². The van der Waals surface area contributed by atoms with Crippen LogP contribution in [0.1, 0.15) is 89.7 Å². The Balaban J connectivity index is 0.950. The molecule has 9 heteroatoms. The minimum absolute atomic E-state index is 0.0451. The van der Waals surface area contributed by atoms with E-state index < -0.39 is 5.97 Å². The number of esters is 1. The average molecular weight is 703 g/mol. The molecular formula is C40H50N2O5S2. The summed E-state index contributed by atoms with van der Waals surface area (Å²) in [6, 6.07) is 13.7. The van der Waals surface area contributed by atoms with E-state index in [1.54, 1.807) is 21.6 Å². The number of aliphatic carboxylic acids is 1. The minimum Gasteiger partial charge on any atom is -0.480 e. The zero-order chi connectivity index (χ0) is 34.6. The monoisotopic (exact) mass is 702 g/mol. The lowest BCUT2D eigenvalue weighted by Gasteiger charge is -2.57. The fraction of sp³-hybridized carbons (Fsp3) is 0.550. The van der Waals surface area contributed by atoms with Crippen LogP contribution >= 0.6 is 21.6 Å². The molecule has 2 saturated carbocycles. The lowest BCUT2D eigenvalue weighted by atomic mass is 9.47. The summed E-state index contributed by atoms with van der Waals surface area (Å²) < 4.78 is 6.08. The maximum absolute atomic E-state index is 13.0. The van der Waals surface area contributed by atoms with E-state index in [9.17, 15) is 19.5 Å². The van der Waals surface area contributed by atoms with Crippen molar-refractivity contribution in [2.75, 3.05) is 12.3 Å². The smallest absolute Gasteiger partial charge is 0.323 e. The van der Waals surface area contributed by atoms with E-state index in [2.05, 4.69) is 43.1 Å². The number of aromatic nitrogens is 1. The number of hydrogen-bond donors (Lipinski definition) is 1. The van der Waals surface area contributed by atoms with Crippen LogP contribution in [-0.4, -0.2) is 56.5 Å². The normalized spacial score (nSPS) is 29.4. The molecule has 1 aromatic heterocycles. The number of benzene rings is 1. The second-order valence-electron chi connectivity index (χ2n) is 15.0. The van der Waals surface area contributed by atoms with E-state index in [1.807, 2.05) is 49.6 Å². The Morgan fingerprint density at radius 2 is 1.82 bits per heavy atom. The Bertz CT molecular complexity index is 1560. The maximum Gasteiger partial charge on any atom is 0.323 e. The summed E-state index contributed by atoms with van der Waals surface area (Å²) in [4.78, 5) is 43.0. The third kappa shape index (κ3) is 7.98. The van der Waals surface area contributed by atoms with Gasteiger partial charge in [-0.15, -0.1) is 0 Å². The van der Waals surface area contributed by atoms with Crippen molar-refractivity contribution in [2.24, 2.45) is 28.6 Å². The van der Waals surface area contributed by atoms with Gasteiger partial charge >= 0.3 is 11.9 Å². The molecule has 4 aliphatic carbocycles. The molecule has 1 heterocycles. The number of ether oxygens (including phenoxy) is 1. The number of carbonyl (C=O) groups is 3. The number of fused-ring (bicyclic) bond motifs is 5. The highest BCUT2D eigenvalue weighted by Gasteiger charge is 2.57. The zero-order valence-electron chi connectivity index (χ0n) is 29.0. The summed E-state index contributed by atoms with van der Waals surface area (Å²) in [7, 11) is 3.13. The van der Waals surface area contributed by atoms with Crippen molar-refractivity contribution < 1.29 is 24.2 Å². The molecule has 0 aliphatic heterocycles. The van der Waals surface area contributed by atoms with Gasteiger partial charge in [0.15, 0.2) is 0 Å². The SMILES string of the molecule is C[C@@H](CC(=O)O[C@H]1CC[C@@]2(C)C(=CC[C@H]3C4CC=C(c5cccnc5)[C@@]4(C)CC[C@@H]32)C1)SSCCC(=O)N(CC(=O)O)Cc1ccccc1. The highest BCUT2D eigenvalue weighted by atomic mass is 33.1. The van der Waals surface area contributed by atoms with E-state index in [-0.39, 0.29) is 53.6 Å². The molecule has 0 bridgehead atoms. The largest absolute Gasteiger partial charge is 0.480 e. The van der Waals surface area contributed by atoms with Crippen molar-refractivity contribution in [2.45, 2.75) is 96.5 Å². The second kappa shape index (κ2) is 15.5. The summed E-state index contributed by atoms with van der Waals surface area (Å²) in [5.41, 5.74) is 5.59. The van der Waals surface area contributed by atoms with E-state index in [4.69, 9.17) is 4.74 Å². The Morgan fingerprint density at radius 3 is 2.57 bits per heavy atom. The van der Waals surface area contributed by atoms with Crippen LogP contribution in [0.15, 0.2) is 72.6 Å². The van der Waals surface area contributed by atoms with Gasteiger partial charge in [0.1, 0.15) is 12.6 Å². The summed E-state index contributed by atoms with van der Waals surface area (Å²) in [5, 5.41) is 9.34. The molecule has 1 amide bonds. The zero-order valence-corrected chi connectivity index (χ0v) is 30.6. The molecule has 49 heavy (non-hydrogen) atoms. The molecule has 7 nitrogen and oxygen atoms in total. The van der Waals surface area contributed by atoms with Crippen molar-refractivity contribution in [3.63, 3.8) is 0 Å². The molecule has 0 radical (unpaired) electrons. The molecule has 4 aliphatic rings. The Morgan fingerprint density at radius 1 is 1.02 bits per heavy atom. The van der Waals surface area contributed by atoms with Crippen molar-refractivity contribution in [1.82, 2.24) is 9.88 Å². The Kier molecular flexibility index (Phi) is 11.3. The van der Waals surface area contributed by atoms with Gasteiger partial charge in [-0.2, -0.15) is 0 Å². The molecule has 0 spiro atoms. The standard InChI is InChI=1S/C40H50N2O5S2/c1-27(49-48-21-17-36(43)42(26-37(44)45)25-28-8-5-4-6-9-28)22-38(46)47-31-15-18-39(2)30(23-31)11-12-32-34-14-13-33(29-10-7-20-41-24-29)40(34,3)19-16-35(32)39/h4-11,13,20,24,27,31-32,34-35H,12,14-19,21-23,25-26H2,1-3H3,(H,44,45)/t27-,31-,32-,34?,35-,39-,40+/m0/s1. The molecule has 1 aromatic carbocycles. The van der Waals surface area contributed by atoms with Crippen LogP contribution in [0.25, 0.3) is 5.57 Å².